The van der Waals surface area contributed by atoms with E-state index in [4.69, 9.17) is 14.7 Å². The quantitative estimate of drug-likeness (QED) is 0.193. The molecule has 0 radical (unpaired) electrons. The third-order valence-corrected chi connectivity index (χ3v) is 5.32. The molecule has 0 spiro atoms. The Morgan fingerprint density at radius 1 is 0.914 bits per heavy atom. The van der Waals surface area contributed by atoms with Gasteiger partial charge in [-0.1, -0.05) is 71.9 Å². The molecule has 0 saturated heterocycles. The highest BCUT2D eigenvalue weighted by molar-refractivity contribution is 6.00. The molecule has 0 heterocycles. The molecule has 0 bridgehead atoms. The van der Waals surface area contributed by atoms with Gasteiger partial charge in [-0.15, -0.1) is 0 Å². The van der Waals surface area contributed by atoms with Crippen molar-refractivity contribution in [1.29, 1.82) is 0 Å². The number of carbonyl (C=O) groups is 1. The fourth-order valence-electron chi connectivity index (χ4n) is 3.47. The van der Waals surface area contributed by atoms with Gasteiger partial charge in [0.05, 0.1) is 12.1 Å². The minimum atomic E-state index is -4.31. The summed E-state index contributed by atoms with van der Waals surface area (Å²) in [4.78, 5) is 16.3. The van der Waals surface area contributed by atoms with Gasteiger partial charge in [0.2, 0.25) is 0 Å². The number of halogens is 3. The minimum absolute atomic E-state index is 0.0141. The van der Waals surface area contributed by atoms with Crippen LogP contribution in [0.5, 0.6) is 5.75 Å². The van der Waals surface area contributed by atoms with Gasteiger partial charge in [-0.3, -0.25) is 4.79 Å². The van der Waals surface area contributed by atoms with Crippen LogP contribution in [-0.2, 0) is 16.1 Å². The van der Waals surface area contributed by atoms with Crippen molar-refractivity contribution in [1.82, 2.24) is 0 Å². The van der Waals surface area contributed by atoms with Crippen molar-refractivity contribution < 1.29 is 32.6 Å². The number of ether oxygens (including phenoxy) is 1. The Morgan fingerprint density at radius 3 is 2.26 bits per heavy atom. The number of benzene rings is 3. The maximum absolute atomic E-state index is 12.8. The Hall–Kier alpha value is -3.81. The largest absolute Gasteiger partial charge is 0.490 e. The van der Waals surface area contributed by atoms with Gasteiger partial charge in [-0.2, -0.15) is 13.2 Å². The van der Waals surface area contributed by atoms with Gasteiger partial charge in [0.25, 0.3) is 0 Å². The fourth-order valence-corrected chi connectivity index (χ4v) is 3.47. The number of hydrogen-bond donors (Lipinski definition) is 1. The summed E-state index contributed by atoms with van der Waals surface area (Å²) in [6.07, 6.45) is -5.76. The summed E-state index contributed by atoms with van der Waals surface area (Å²) in [7, 11) is 0. The molecule has 0 fully saturated rings. The van der Waals surface area contributed by atoms with Crippen LogP contribution in [0, 0.1) is 6.92 Å². The normalized spacial score (nSPS) is 11.8. The van der Waals surface area contributed by atoms with E-state index in [1.807, 2.05) is 42.5 Å². The highest BCUT2D eigenvalue weighted by atomic mass is 19.4. The van der Waals surface area contributed by atoms with E-state index in [2.05, 4.69) is 5.16 Å². The molecule has 3 rings (SSSR count). The van der Waals surface area contributed by atoms with Crippen LogP contribution in [0.1, 0.15) is 29.5 Å². The van der Waals surface area contributed by atoms with Crippen LogP contribution >= 0.6 is 0 Å². The number of aliphatic carboxylic acids is 1. The average molecular weight is 486 g/mol. The molecule has 0 aliphatic rings. The topological polar surface area (TPSA) is 68.1 Å². The number of nitrogens with zero attached hydrogens (tertiary/aromatic N) is 1. The van der Waals surface area contributed by atoms with E-state index in [-0.39, 0.29) is 31.8 Å². The summed E-state index contributed by atoms with van der Waals surface area (Å²) in [6, 6.07) is 21.9. The Kier molecular flexibility index (Phi) is 8.89. The predicted molar refractivity (Wildman–Crippen MR) is 128 cm³/mol. The molecule has 0 atom stereocenters. The molecule has 0 aromatic heterocycles. The van der Waals surface area contributed by atoms with Crippen LogP contribution in [-0.4, -0.2) is 36.2 Å². The van der Waals surface area contributed by atoms with E-state index in [1.54, 1.807) is 37.3 Å². The maximum atomic E-state index is 12.8. The second-order valence-electron chi connectivity index (χ2n) is 7.89. The lowest BCUT2D eigenvalue weighted by Crippen LogP contribution is -2.13. The zero-order valence-corrected chi connectivity index (χ0v) is 19.2. The lowest BCUT2D eigenvalue weighted by Gasteiger charge is -2.12. The molecule has 3 aromatic rings. The number of carboxylic acid groups (broad SMARTS) is 1. The summed E-state index contributed by atoms with van der Waals surface area (Å²) >= 11 is 0. The monoisotopic (exact) mass is 485 g/mol. The smallest absolute Gasteiger partial charge is 0.389 e. The number of carboxylic acids is 1. The predicted octanol–water partition coefficient (Wildman–Crippen LogP) is 6.43. The standard InChI is InChI=1S/C27H26F3NO4/c1-19-23(18-26(32)33)8-5-9-25(19)34-16-17-35-31-24(14-15-27(28,29)30)22-12-10-21(11-13-22)20-6-3-2-4-7-20/h2-13H,14-18H2,1H3,(H,32,33). The van der Waals surface area contributed by atoms with Gasteiger partial charge in [0, 0.05) is 12.8 Å². The lowest BCUT2D eigenvalue weighted by atomic mass is 10.0. The Labute approximate surface area is 201 Å². The average Bonchev–Trinajstić information content (AvgIpc) is 2.83. The minimum Gasteiger partial charge on any atom is -0.490 e. The second-order valence-corrected chi connectivity index (χ2v) is 7.89. The van der Waals surface area contributed by atoms with Crippen LogP contribution in [0.3, 0.4) is 0 Å². The van der Waals surface area contributed by atoms with Crippen molar-refractivity contribution in [2.75, 3.05) is 13.2 Å². The van der Waals surface area contributed by atoms with Gasteiger partial charge in [-0.05, 0) is 40.8 Å². The molecule has 35 heavy (non-hydrogen) atoms. The third-order valence-electron chi connectivity index (χ3n) is 5.32. The molecule has 8 heteroatoms. The van der Waals surface area contributed by atoms with Crippen molar-refractivity contribution in [3.05, 3.63) is 89.5 Å². The van der Waals surface area contributed by atoms with E-state index >= 15 is 0 Å². The molecule has 5 nitrogen and oxygen atoms in total. The van der Waals surface area contributed by atoms with Crippen LogP contribution in [0.4, 0.5) is 13.2 Å². The van der Waals surface area contributed by atoms with Crippen molar-refractivity contribution in [2.45, 2.75) is 32.4 Å². The summed E-state index contributed by atoms with van der Waals surface area (Å²) in [5.41, 5.74) is 4.04. The van der Waals surface area contributed by atoms with Crippen LogP contribution in [0.15, 0.2) is 78.0 Å². The fraction of sp³-hybridized carbons (Fsp3) is 0.259. The van der Waals surface area contributed by atoms with Crippen molar-refractivity contribution >= 4 is 11.7 Å². The summed E-state index contributed by atoms with van der Waals surface area (Å²) in [5, 5.41) is 13.0. The van der Waals surface area contributed by atoms with E-state index in [0.29, 0.717) is 22.4 Å². The molecular formula is C27H26F3NO4. The second kappa shape index (κ2) is 12.1. The molecule has 0 amide bonds. The van der Waals surface area contributed by atoms with E-state index in [9.17, 15) is 18.0 Å². The molecule has 0 saturated carbocycles. The van der Waals surface area contributed by atoms with Crippen LogP contribution < -0.4 is 4.74 Å². The van der Waals surface area contributed by atoms with E-state index < -0.39 is 18.6 Å². The van der Waals surface area contributed by atoms with E-state index in [0.717, 1.165) is 11.1 Å². The first-order valence-corrected chi connectivity index (χ1v) is 11.1. The van der Waals surface area contributed by atoms with Crippen molar-refractivity contribution in [3.8, 4) is 16.9 Å². The number of hydrogen-bond acceptors (Lipinski definition) is 4. The highest BCUT2D eigenvalue weighted by Gasteiger charge is 2.27. The van der Waals surface area contributed by atoms with Gasteiger partial charge >= 0.3 is 12.1 Å². The molecule has 3 aromatic carbocycles. The first-order chi connectivity index (χ1) is 16.7. The molecule has 0 aliphatic heterocycles. The van der Waals surface area contributed by atoms with E-state index in [1.165, 1.54) is 0 Å². The summed E-state index contributed by atoms with van der Waals surface area (Å²) in [5.74, 6) is -0.420. The molecule has 0 unspecified atom stereocenters. The van der Waals surface area contributed by atoms with Crippen molar-refractivity contribution in [2.24, 2.45) is 5.16 Å². The van der Waals surface area contributed by atoms with Crippen molar-refractivity contribution in [3.63, 3.8) is 0 Å². The molecule has 1 N–H and O–H groups in total. The van der Waals surface area contributed by atoms with Gasteiger partial charge in [0.1, 0.15) is 12.4 Å². The first kappa shape index (κ1) is 25.8. The third kappa shape index (κ3) is 8.17. The van der Waals surface area contributed by atoms with Gasteiger partial charge in [0.15, 0.2) is 6.61 Å². The van der Waals surface area contributed by atoms with Crippen LogP contribution in [0.2, 0.25) is 0 Å². The number of alkyl halides is 3. The number of rotatable bonds is 11. The highest BCUT2D eigenvalue weighted by Crippen LogP contribution is 2.25. The Morgan fingerprint density at radius 2 is 1.60 bits per heavy atom. The molecule has 184 valence electrons. The summed E-state index contributed by atoms with van der Waals surface area (Å²) < 4.78 is 44.2. The Bertz CT molecular complexity index is 1140. The van der Waals surface area contributed by atoms with Gasteiger partial charge < -0.3 is 14.7 Å². The maximum Gasteiger partial charge on any atom is 0.389 e. The summed E-state index contributed by atoms with van der Waals surface area (Å²) in [6.45, 7) is 1.88. The lowest BCUT2D eigenvalue weighted by molar-refractivity contribution is -0.136. The molecular weight excluding hydrogens is 459 g/mol. The SMILES string of the molecule is Cc1c(CC(=O)O)cccc1OCCON=C(CCC(F)(F)F)c1ccc(-c2ccccc2)cc1. The number of oxime groups is 1. The first-order valence-electron chi connectivity index (χ1n) is 11.1. The Balaban J connectivity index is 1.64. The zero-order chi connectivity index (χ0) is 25.3. The van der Waals surface area contributed by atoms with Gasteiger partial charge in [-0.25, -0.2) is 0 Å². The van der Waals surface area contributed by atoms with Crippen LogP contribution in [0.25, 0.3) is 11.1 Å². The zero-order valence-electron chi connectivity index (χ0n) is 19.2. The molecule has 0 aliphatic carbocycles.